The van der Waals surface area contributed by atoms with E-state index in [1.54, 1.807) is 0 Å². The largest absolute Gasteiger partial charge is 0.363 e. The van der Waals surface area contributed by atoms with E-state index in [-0.39, 0.29) is 17.9 Å². The average Bonchev–Trinajstić information content (AvgIpc) is 3.00. The molecule has 18 heavy (non-hydrogen) atoms. The van der Waals surface area contributed by atoms with Crippen molar-refractivity contribution in [1.82, 2.24) is 9.88 Å². The van der Waals surface area contributed by atoms with Crippen molar-refractivity contribution >= 4 is 5.91 Å². The van der Waals surface area contributed by atoms with Crippen LogP contribution >= 0.6 is 0 Å². The van der Waals surface area contributed by atoms with Crippen molar-refractivity contribution in [2.24, 2.45) is 17.6 Å². The van der Waals surface area contributed by atoms with E-state index >= 15 is 0 Å². The number of nitrogens with zero attached hydrogens (tertiary/aromatic N) is 1. The van der Waals surface area contributed by atoms with Crippen LogP contribution in [0.1, 0.15) is 38.4 Å². The second-order valence-electron chi connectivity index (χ2n) is 5.40. The van der Waals surface area contributed by atoms with Crippen LogP contribution in [0, 0.1) is 11.8 Å². The molecule has 2 atom stereocenters. The van der Waals surface area contributed by atoms with E-state index < -0.39 is 0 Å². The first-order valence-electron chi connectivity index (χ1n) is 6.79. The molecule has 4 heteroatoms. The van der Waals surface area contributed by atoms with Crippen molar-refractivity contribution in [3.05, 3.63) is 24.0 Å². The maximum atomic E-state index is 12.6. The molecule has 0 bridgehead atoms. The molecule has 1 amide bonds. The molecule has 4 nitrogen and oxygen atoms in total. The number of aromatic amines is 1. The molecule has 0 spiro atoms. The van der Waals surface area contributed by atoms with E-state index in [2.05, 4.69) is 24.9 Å². The van der Waals surface area contributed by atoms with Crippen LogP contribution < -0.4 is 5.73 Å². The minimum atomic E-state index is -0.0550. The van der Waals surface area contributed by atoms with Gasteiger partial charge in [0.1, 0.15) is 0 Å². The minimum absolute atomic E-state index is 0.0550. The van der Waals surface area contributed by atoms with E-state index in [0.717, 1.165) is 25.1 Å². The molecular formula is C14H23N3O. The van der Waals surface area contributed by atoms with Crippen molar-refractivity contribution < 1.29 is 4.79 Å². The van der Waals surface area contributed by atoms with Crippen LogP contribution in [0.2, 0.25) is 0 Å². The second-order valence-corrected chi connectivity index (χ2v) is 5.40. The summed E-state index contributed by atoms with van der Waals surface area (Å²) >= 11 is 0. The lowest BCUT2D eigenvalue weighted by Crippen LogP contribution is -2.41. The van der Waals surface area contributed by atoms with Crippen molar-refractivity contribution in [2.45, 2.75) is 32.7 Å². The Morgan fingerprint density at radius 2 is 2.39 bits per heavy atom. The first-order valence-corrected chi connectivity index (χ1v) is 6.79. The van der Waals surface area contributed by atoms with Crippen molar-refractivity contribution in [2.75, 3.05) is 13.1 Å². The SMILES string of the molecule is CC(C)C(CN)C(=O)N1CCCC1c1ccc[nH]1. The molecule has 0 aliphatic carbocycles. The smallest absolute Gasteiger partial charge is 0.227 e. The van der Waals surface area contributed by atoms with Gasteiger partial charge >= 0.3 is 0 Å². The Hall–Kier alpha value is -1.29. The lowest BCUT2D eigenvalue weighted by atomic mass is 9.94. The highest BCUT2D eigenvalue weighted by Crippen LogP contribution is 2.32. The molecule has 3 N–H and O–H groups in total. The first-order chi connectivity index (χ1) is 8.65. The molecule has 1 aromatic rings. The average molecular weight is 249 g/mol. The molecule has 2 unspecified atom stereocenters. The second kappa shape index (κ2) is 5.57. The van der Waals surface area contributed by atoms with E-state index in [1.165, 1.54) is 0 Å². The van der Waals surface area contributed by atoms with Crippen LogP contribution in [-0.2, 0) is 4.79 Å². The van der Waals surface area contributed by atoms with Gasteiger partial charge in [0.2, 0.25) is 5.91 Å². The number of carbonyl (C=O) groups is 1. The van der Waals surface area contributed by atoms with E-state index in [9.17, 15) is 4.79 Å². The highest BCUT2D eigenvalue weighted by atomic mass is 16.2. The molecule has 0 saturated carbocycles. The van der Waals surface area contributed by atoms with Crippen LogP contribution in [0.5, 0.6) is 0 Å². The number of aromatic nitrogens is 1. The number of nitrogens with one attached hydrogen (secondary N) is 1. The van der Waals surface area contributed by atoms with Crippen molar-refractivity contribution in [1.29, 1.82) is 0 Å². The topological polar surface area (TPSA) is 62.1 Å². The Kier molecular flexibility index (Phi) is 4.07. The van der Waals surface area contributed by atoms with Crippen molar-refractivity contribution in [3.63, 3.8) is 0 Å². The molecular weight excluding hydrogens is 226 g/mol. The molecule has 0 radical (unpaired) electrons. The van der Waals surface area contributed by atoms with Gasteiger partial charge in [-0.1, -0.05) is 13.8 Å². The summed E-state index contributed by atoms with van der Waals surface area (Å²) in [6.45, 7) is 5.42. The fourth-order valence-corrected chi connectivity index (χ4v) is 2.78. The quantitative estimate of drug-likeness (QED) is 0.856. The maximum Gasteiger partial charge on any atom is 0.227 e. The van der Waals surface area contributed by atoms with Gasteiger partial charge in [-0.3, -0.25) is 4.79 Å². The van der Waals surface area contributed by atoms with Crippen LogP contribution in [0.4, 0.5) is 0 Å². The number of likely N-dealkylation sites (tertiary alicyclic amines) is 1. The predicted octanol–water partition coefficient (Wildman–Crippen LogP) is 1.91. The lowest BCUT2D eigenvalue weighted by molar-refractivity contribution is -0.137. The molecule has 1 saturated heterocycles. The summed E-state index contributed by atoms with van der Waals surface area (Å²) in [4.78, 5) is 17.8. The van der Waals surface area contributed by atoms with Crippen LogP contribution in [0.15, 0.2) is 18.3 Å². The number of nitrogens with two attached hydrogens (primary N) is 1. The maximum absolute atomic E-state index is 12.6. The Morgan fingerprint density at radius 1 is 1.61 bits per heavy atom. The Bertz CT molecular complexity index is 386. The lowest BCUT2D eigenvalue weighted by Gasteiger charge is -2.29. The van der Waals surface area contributed by atoms with Crippen LogP contribution in [-0.4, -0.2) is 28.9 Å². The number of hydrogen-bond acceptors (Lipinski definition) is 2. The highest BCUT2D eigenvalue weighted by molar-refractivity contribution is 5.80. The summed E-state index contributed by atoms with van der Waals surface area (Å²) in [5.74, 6) is 0.456. The molecule has 2 heterocycles. The van der Waals surface area contributed by atoms with E-state index in [0.29, 0.717) is 12.5 Å². The summed E-state index contributed by atoms with van der Waals surface area (Å²) in [7, 11) is 0. The molecule has 100 valence electrons. The number of amides is 1. The molecule has 1 aromatic heterocycles. The third-order valence-corrected chi connectivity index (χ3v) is 3.89. The fraction of sp³-hybridized carbons (Fsp3) is 0.643. The van der Waals surface area contributed by atoms with Gasteiger partial charge in [-0.15, -0.1) is 0 Å². The summed E-state index contributed by atoms with van der Waals surface area (Å²) < 4.78 is 0. The number of rotatable bonds is 4. The zero-order valence-electron chi connectivity index (χ0n) is 11.2. The summed E-state index contributed by atoms with van der Waals surface area (Å²) in [5.41, 5.74) is 6.89. The first kappa shape index (κ1) is 13.1. The van der Waals surface area contributed by atoms with E-state index in [1.807, 2.05) is 17.2 Å². The molecule has 2 rings (SSSR count). The van der Waals surface area contributed by atoms with E-state index in [4.69, 9.17) is 5.73 Å². The zero-order chi connectivity index (χ0) is 13.1. The summed E-state index contributed by atoms with van der Waals surface area (Å²) in [6.07, 6.45) is 4.03. The zero-order valence-corrected chi connectivity index (χ0v) is 11.2. The Labute approximate surface area is 109 Å². The highest BCUT2D eigenvalue weighted by Gasteiger charge is 2.34. The predicted molar refractivity (Wildman–Crippen MR) is 71.9 cm³/mol. The Balaban J connectivity index is 2.14. The normalized spacial score (nSPS) is 21.6. The van der Waals surface area contributed by atoms with Crippen molar-refractivity contribution in [3.8, 4) is 0 Å². The molecule has 1 fully saturated rings. The summed E-state index contributed by atoms with van der Waals surface area (Å²) in [5, 5.41) is 0. The summed E-state index contributed by atoms with van der Waals surface area (Å²) in [6, 6.07) is 4.25. The van der Waals surface area contributed by atoms with Crippen LogP contribution in [0.25, 0.3) is 0 Å². The van der Waals surface area contributed by atoms with Gasteiger partial charge in [-0.25, -0.2) is 0 Å². The third-order valence-electron chi connectivity index (χ3n) is 3.89. The van der Waals surface area contributed by atoms with Gasteiger partial charge in [0, 0.05) is 25.0 Å². The van der Waals surface area contributed by atoms with Gasteiger partial charge in [0.05, 0.1) is 12.0 Å². The minimum Gasteiger partial charge on any atom is -0.363 e. The van der Waals surface area contributed by atoms with Gasteiger partial charge in [-0.05, 0) is 30.9 Å². The third kappa shape index (κ3) is 2.43. The monoisotopic (exact) mass is 249 g/mol. The van der Waals surface area contributed by atoms with Gasteiger partial charge < -0.3 is 15.6 Å². The molecule has 0 aromatic carbocycles. The number of hydrogen-bond donors (Lipinski definition) is 2. The fourth-order valence-electron chi connectivity index (χ4n) is 2.78. The van der Waals surface area contributed by atoms with Crippen LogP contribution in [0.3, 0.4) is 0 Å². The number of carbonyl (C=O) groups excluding carboxylic acids is 1. The number of H-pyrrole nitrogens is 1. The molecule has 1 aliphatic heterocycles. The molecule has 1 aliphatic rings. The van der Waals surface area contributed by atoms with Gasteiger partial charge in [0.25, 0.3) is 0 Å². The van der Waals surface area contributed by atoms with Gasteiger partial charge in [0.15, 0.2) is 0 Å². The standard InChI is InChI=1S/C14H23N3O/c1-10(2)11(9-15)14(18)17-8-4-6-13(17)12-5-3-7-16-12/h3,5,7,10-11,13,16H,4,6,8-9,15H2,1-2H3. The Morgan fingerprint density at radius 3 is 2.94 bits per heavy atom. The van der Waals surface area contributed by atoms with Gasteiger partial charge in [-0.2, -0.15) is 0 Å².